The highest BCUT2D eigenvalue weighted by atomic mass is 16.5. The molecular formula is C22H34N2O3. The van der Waals surface area contributed by atoms with Crippen molar-refractivity contribution in [1.82, 2.24) is 9.80 Å². The fourth-order valence-corrected chi connectivity index (χ4v) is 3.72. The van der Waals surface area contributed by atoms with E-state index in [9.17, 15) is 9.59 Å². The van der Waals surface area contributed by atoms with Gasteiger partial charge in [-0.2, -0.15) is 0 Å². The number of nitrogens with zero attached hydrogens (tertiary/aromatic N) is 2. The van der Waals surface area contributed by atoms with Crippen molar-refractivity contribution >= 4 is 11.8 Å². The highest BCUT2D eigenvalue weighted by Crippen LogP contribution is 2.26. The van der Waals surface area contributed by atoms with Gasteiger partial charge in [0.15, 0.2) is 0 Å². The van der Waals surface area contributed by atoms with E-state index in [-0.39, 0.29) is 17.2 Å². The van der Waals surface area contributed by atoms with Crippen LogP contribution in [0.4, 0.5) is 0 Å². The van der Waals surface area contributed by atoms with Crippen LogP contribution in [-0.4, -0.2) is 54.9 Å². The summed E-state index contributed by atoms with van der Waals surface area (Å²) in [6.45, 7) is 12.9. The minimum absolute atomic E-state index is 0.0154. The number of ether oxygens (including phenoxy) is 1. The van der Waals surface area contributed by atoms with Crippen LogP contribution in [0, 0.1) is 19.3 Å². The Hall–Kier alpha value is -2.04. The highest BCUT2D eigenvalue weighted by Gasteiger charge is 2.25. The Morgan fingerprint density at radius 2 is 1.59 bits per heavy atom. The lowest BCUT2D eigenvalue weighted by molar-refractivity contribution is -0.134. The van der Waals surface area contributed by atoms with E-state index < -0.39 is 0 Å². The molecule has 1 aromatic carbocycles. The molecule has 0 aromatic heterocycles. The first-order valence-corrected chi connectivity index (χ1v) is 9.80. The monoisotopic (exact) mass is 374 g/mol. The first kappa shape index (κ1) is 21.3. The third-order valence-electron chi connectivity index (χ3n) is 4.92. The second-order valence-electron chi connectivity index (χ2n) is 8.80. The topological polar surface area (TPSA) is 49.9 Å². The highest BCUT2D eigenvalue weighted by molar-refractivity contribution is 5.80. The fraction of sp³-hybridized carbons (Fsp3) is 0.636. The van der Waals surface area contributed by atoms with E-state index >= 15 is 0 Å². The average molecular weight is 375 g/mol. The van der Waals surface area contributed by atoms with E-state index in [2.05, 4.69) is 26.8 Å². The Labute approximate surface area is 163 Å². The maximum absolute atomic E-state index is 12.9. The zero-order valence-corrected chi connectivity index (χ0v) is 17.7. The van der Waals surface area contributed by atoms with E-state index in [1.807, 2.05) is 29.7 Å². The van der Waals surface area contributed by atoms with Crippen LogP contribution in [0.15, 0.2) is 12.1 Å². The fourth-order valence-electron chi connectivity index (χ4n) is 3.72. The number of benzene rings is 1. The van der Waals surface area contributed by atoms with Gasteiger partial charge >= 0.3 is 0 Å². The molecule has 0 bridgehead atoms. The lowest BCUT2D eigenvalue weighted by atomic mass is 9.91. The van der Waals surface area contributed by atoms with Gasteiger partial charge < -0.3 is 14.5 Å². The number of carbonyl (C=O) groups is 2. The Morgan fingerprint density at radius 1 is 1.00 bits per heavy atom. The summed E-state index contributed by atoms with van der Waals surface area (Å²) in [5.74, 6) is 1.09. The minimum atomic E-state index is -0.0154. The van der Waals surface area contributed by atoms with Crippen molar-refractivity contribution in [2.75, 3.05) is 33.3 Å². The minimum Gasteiger partial charge on any atom is -0.496 e. The number of rotatable bonds is 4. The van der Waals surface area contributed by atoms with Crippen molar-refractivity contribution in [3.63, 3.8) is 0 Å². The van der Waals surface area contributed by atoms with Crippen LogP contribution in [0.25, 0.3) is 0 Å². The van der Waals surface area contributed by atoms with Crippen molar-refractivity contribution < 1.29 is 14.3 Å². The molecule has 0 unspecified atom stereocenters. The van der Waals surface area contributed by atoms with Gasteiger partial charge in [0, 0.05) is 38.2 Å². The standard InChI is InChI=1S/C22H34N2O3/c1-16-12-17(2)21(27-6)18(13-16)14-19(25)23-8-7-9-24(11-10-23)20(26)15-22(3,4)5/h12-13H,7-11,14-15H2,1-6H3. The van der Waals surface area contributed by atoms with Crippen molar-refractivity contribution in [3.8, 4) is 5.75 Å². The molecule has 2 rings (SSSR count). The van der Waals surface area contributed by atoms with Crippen LogP contribution in [0.1, 0.15) is 50.3 Å². The molecule has 0 saturated carbocycles. The molecule has 0 N–H and O–H groups in total. The molecule has 1 saturated heterocycles. The van der Waals surface area contributed by atoms with Crippen LogP contribution in [-0.2, 0) is 16.0 Å². The smallest absolute Gasteiger partial charge is 0.227 e. The molecule has 5 nitrogen and oxygen atoms in total. The molecule has 0 spiro atoms. The van der Waals surface area contributed by atoms with Crippen LogP contribution in [0.5, 0.6) is 5.75 Å². The molecule has 27 heavy (non-hydrogen) atoms. The predicted molar refractivity (Wildman–Crippen MR) is 108 cm³/mol. The summed E-state index contributed by atoms with van der Waals surface area (Å²) in [6.07, 6.45) is 1.70. The van der Waals surface area contributed by atoms with Gasteiger partial charge in [-0.1, -0.05) is 38.5 Å². The summed E-state index contributed by atoms with van der Waals surface area (Å²) in [5, 5.41) is 0. The SMILES string of the molecule is COc1c(C)cc(C)cc1CC(=O)N1CCCN(C(=O)CC(C)(C)C)CC1. The zero-order valence-electron chi connectivity index (χ0n) is 17.7. The van der Waals surface area contributed by atoms with Crippen LogP contribution in [0.2, 0.25) is 0 Å². The molecule has 1 fully saturated rings. The number of hydrogen-bond donors (Lipinski definition) is 0. The normalized spacial score (nSPS) is 15.5. The molecular weight excluding hydrogens is 340 g/mol. The van der Waals surface area contributed by atoms with Crippen LogP contribution < -0.4 is 4.74 Å². The first-order chi connectivity index (χ1) is 12.6. The van der Waals surface area contributed by atoms with Gasteiger partial charge in [-0.3, -0.25) is 9.59 Å². The maximum Gasteiger partial charge on any atom is 0.227 e. The molecule has 0 atom stereocenters. The van der Waals surface area contributed by atoms with E-state index in [0.717, 1.165) is 35.4 Å². The number of hydrogen-bond acceptors (Lipinski definition) is 3. The molecule has 1 heterocycles. The Kier molecular flexibility index (Phi) is 6.90. The summed E-state index contributed by atoms with van der Waals surface area (Å²) in [7, 11) is 1.65. The second kappa shape index (κ2) is 8.77. The van der Waals surface area contributed by atoms with Gasteiger partial charge in [-0.15, -0.1) is 0 Å². The summed E-state index contributed by atoms with van der Waals surface area (Å²) < 4.78 is 5.52. The average Bonchev–Trinajstić information content (AvgIpc) is 2.79. The lowest BCUT2D eigenvalue weighted by Gasteiger charge is -2.26. The number of methoxy groups -OCH3 is 1. The third-order valence-corrected chi connectivity index (χ3v) is 4.92. The summed E-state index contributed by atoms with van der Waals surface area (Å²) in [4.78, 5) is 29.2. The van der Waals surface area contributed by atoms with Crippen molar-refractivity contribution in [2.45, 2.75) is 53.9 Å². The maximum atomic E-state index is 12.9. The number of carbonyl (C=O) groups excluding carboxylic acids is 2. The van der Waals surface area contributed by atoms with Gasteiger partial charge in [-0.25, -0.2) is 0 Å². The summed E-state index contributed by atoms with van der Waals surface area (Å²) >= 11 is 0. The largest absolute Gasteiger partial charge is 0.496 e. The Bertz CT molecular complexity index is 692. The van der Waals surface area contributed by atoms with Gasteiger partial charge in [0.25, 0.3) is 0 Å². The van der Waals surface area contributed by atoms with E-state index in [1.165, 1.54) is 0 Å². The molecule has 5 heteroatoms. The van der Waals surface area contributed by atoms with Crippen molar-refractivity contribution in [3.05, 3.63) is 28.8 Å². The summed E-state index contributed by atoms with van der Waals surface area (Å²) in [6, 6.07) is 4.10. The van der Waals surface area contributed by atoms with E-state index in [1.54, 1.807) is 7.11 Å². The number of aryl methyl sites for hydroxylation is 2. The van der Waals surface area contributed by atoms with Crippen LogP contribution >= 0.6 is 0 Å². The first-order valence-electron chi connectivity index (χ1n) is 9.80. The molecule has 2 amide bonds. The molecule has 0 aliphatic carbocycles. The van der Waals surface area contributed by atoms with E-state index in [0.29, 0.717) is 32.5 Å². The Morgan fingerprint density at radius 3 is 2.15 bits per heavy atom. The van der Waals surface area contributed by atoms with Crippen molar-refractivity contribution in [1.29, 1.82) is 0 Å². The van der Waals surface area contributed by atoms with Gasteiger partial charge in [-0.05, 0) is 31.2 Å². The quantitative estimate of drug-likeness (QED) is 0.812. The molecule has 0 radical (unpaired) electrons. The predicted octanol–water partition coefficient (Wildman–Crippen LogP) is 3.35. The molecule has 1 aliphatic rings. The molecule has 1 aromatic rings. The second-order valence-corrected chi connectivity index (χ2v) is 8.80. The number of amides is 2. The van der Waals surface area contributed by atoms with Gasteiger partial charge in [0.2, 0.25) is 11.8 Å². The molecule has 1 aliphatic heterocycles. The van der Waals surface area contributed by atoms with Crippen LogP contribution in [0.3, 0.4) is 0 Å². The Balaban J connectivity index is 2.02. The third kappa shape index (κ3) is 5.98. The van der Waals surface area contributed by atoms with Gasteiger partial charge in [0.1, 0.15) is 5.75 Å². The lowest BCUT2D eigenvalue weighted by Crippen LogP contribution is -2.38. The summed E-state index contributed by atoms with van der Waals surface area (Å²) in [5.41, 5.74) is 3.10. The van der Waals surface area contributed by atoms with E-state index in [4.69, 9.17) is 4.74 Å². The zero-order chi connectivity index (χ0) is 20.2. The van der Waals surface area contributed by atoms with Gasteiger partial charge in [0.05, 0.1) is 13.5 Å². The molecule has 150 valence electrons. The van der Waals surface area contributed by atoms with Crippen molar-refractivity contribution in [2.24, 2.45) is 5.41 Å².